The number of aryl methyl sites for hydroxylation is 1. The number of nitrogens with one attached hydrogen (secondary N) is 3. The van der Waals surface area contributed by atoms with Crippen molar-refractivity contribution < 1.29 is 14.0 Å². The molecule has 6 heteroatoms. The molecule has 1 atom stereocenters. The summed E-state index contributed by atoms with van der Waals surface area (Å²) in [5, 5.41) is 8.35. The fraction of sp³-hybridized carbons (Fsp3) is 0.429. The van der Waals surface area contributed by atoms with Crippen LogP contribution in [-0.2, 0) is 16.0 Å². The number of hydrogen-bond acceptors (Lipinski definition) is 3. The summed E-state index contributed by atoms with van der Waals surface area (Å²) in [6.07, 6.45) is 2.59. The lowest BCUT2D eigenvalue weighted by Crippen LogP contribution is -2.35. The molecule has 20 heavy (non-hydrogen) atoms. The molecule has 2 aliphatic heterocycles. The maximum atomic E-state index is 14.0. The number of rotatable bonds is 2. The van der Waals surface area contributed by atoms with Crippen molar-refractivity contribution in [3.05, 3.63) is 23.5 Å². The Morgan fingerprint density at radius 2 is 2.20 bits per heavy atom. The van der Waals surface area contributed by atoms with E-state index in [1.807, 2.05) is 0 Å². The van der Waals surface area contributed by atoms with E-state index in [0.29, 0.717) is 18.5 Å². The molecule has 106 valence electrons. The maximum absolute atomic E-state index is 14.0. The monoisotopic (exact) mass is 277 g/mol. The summed E-state index contributed by atoms with van der Waals surface area (Å²) in [6.45, 7) is 0.806. The van der Waals surface area contributed by atoms with Gasteiger partial charge < -0.3 is 16.0 Å². The van der Waals surface area contributed by atoms with Gasteiger partial charge in [-0.05, 0) is 43.5 Å². The molecule has 2 heterocycles. The molecule has 2 amide bonds. The number of hydrogen-bond donors (Lipinski definition) is 3. The van der Waals surface area contributed by atoms with Crippen molar-refractivity contribution in [3.63, 3.8) is 0 Å². The molecule has 5 nitrogen and oxygen atoms in total. The summed E-state index contributed by atoms with van der Waals surface area (Å²) in [6, 6.07) is 2.61. The van der Waals surface area contributed by atoms with E-state index in [1.165, 1.54) is 12.1 Å². The molecule has 0 bridgehead atoms. The van der Waals surface area contributed by atoms with E-state index in [2.05, 4.69) is 16.0 Å². The largest absolute Gasteiger partial charge is 0.326 e. The lowest BCUT2D eigenvalue weighted by molar-refractivity contribution is -0.118. The molecule has 0 aromatic heterocycles. The Kier molecular flexibility index (Phi) is 3.40. The van der Waals surface area contributed by atoms with Gasteiger partial charge in [-0.2, -0.15) is 0 Å². The zero-order chi connectivity index (χ0) is 14.1. The zero-order valence-corrected chi connectivity index (χ0v) is 11.0. The van der Waals surface area contributed by atoms with Gasteiger partial charge in [0.25, 0.3) is 0 Å². The normalized spacial score (nSPS) is 21.2. The van der Waals surface area contributed by atoms with Gasteiger partial charge in [0, 0.05) is 12.1 Å². The quantitative estimate of drug-likeness (QED) is 0.765. The smallest absolute Gasteiger partial charge is 0.241 e. The van der Waals surface area contributed by atoms with E-state index in [0.717, 1.165) is 24.9 Å². The van der Waals surface area contributed by atoms with Crippen LogP contribution in [0.3, 0.4) is 0 Å². The van der Waals surface area contributed by atoms with Crippen molar-refractivity contribution in [2.45, 2.75) is 31.7 Å². The molecular formula is C14H16FN3O2. The lowest BCUT2D eigenvalue weighted by atomic mass is 10.0. The van der Waals surface area contributed by atoms with Crippen LogP contribution >= 0.6 is 0 Å². The average molecular weight is 277 g/mol. The van der Waals surface area contributed by atoms with Gasteiger partial charge in [-0.15, -0.1) is 0 Å². The number of carbonyl (C=O) groups excluding carboxylic acids is 2. The number of anilines is 2. The SMILES string of the molecule is O=C1CCc2cc(F)c(NC(=O)C3CCCN3)cc2N1. The summed E-state index contributed by atoms with van der Waals surface area (Å²) in [4.78, 5) is 23.3. The van der Waals surface area contributed by atoms with E-state index in [9.17, 15) is 14.0 Å². The first-order valence-corrected chi connectivity index (χ1v) is 6.80. The highest BCUT2D eigenvalue weighted by Crippen LogP contribution is 2.28. The van der Waals surface area contributed by atoms with E-state index < -0.39 is 5.82 Å². The third-order valence-corrected chi connectivity index (χ3v) is 3.72. The van der Waals surface area contributed by atoms with Crippen molar-refractivity contribution >= 4 is 23.2 Å². The molecule has 2 aliphatic rings. The Bertz CT molecular complexity index is 568. The fourth-order valence-electron chi connectivity index (χ4n) is 2.62. The summed E-state index contributed by atoms with van der Waals surface area (Å²) in [5.41, 5.74) is 1.46. The fourth-order valence-corrected chi connectivity index (χ4v) is 2.62. The van der Waals surface area contributed by atoms with E-state index in [1.54, 1.807) is 0 Å². The first-order valence-electron chi connectivity index (χ1n) is 6.80. The van der Waals surface area contributed by atoms with Gasteiger partial charge in [-0.25, -0.2) is 4.39 Å². The lowest BCUT2D eigenvalue weighted by Gasteiger charge is -2.19. The van der Waals surface area contributed by atoms with Crippen LogP contribution in [0, 0.1) is 5.82 Å². The summed E-state index contributed by atoms with van der Waals surface area (Å²) < 4.78 is 14.0. The Morgan fingerprint density at radius 1 is 1.35 bits per heavy atom. The second-order valence-corrected chi connectivity index (χ2v) is 5.18. The molecular weight excluding hydrogens is 261 g/mol. The second kappa shape index (κ2) is 5.20. The molecule has 0 saturated carbocycles. The van der Waals surface area contributed by atoms with Crippen molar-refractivity contribution in [1.29, 1.82) is 0 Å². The minimum absolute atomic E-state index is 0.0844. The summed E-state index contributed by atoms with van der Waals surface area (Å²) >= 11 is 0. The second-order valence-electron chi connectivity index (χ2n) is 5.18. The molecule has 1 aromatic rings. The molecule has 3 rings (SSSR count). The standard InChI is InChI=1S/C14H16FN3O2/c15-9-6-8-3-4-13(19)17-11(8)7-12(9)18-14(20)10-2-1-5-16-10/h6-7,10,16H,1-5H2,(H,17,19)(H,18,20). The van der Waals surface area contributed by atoms with Gasteiger partial charge in [0.1, 0.15) is 5.82 Å². The summed E-state index contributed by atoms with van der Waals surface area (Å²) in [5.74, 6) is -0.784. The average Bonchev–Trinajstić information content (AvgIpc) is 2.94. The van der Waals surface area contributed by atoms with Gasteiger partial charge >= 0.3 is 0 Å². The Balaban J connectivity index is 1.80. The van der Waals surface area contributed by atoms with Gasteiger partial charge in [0.15, 0.2) is 0 Å². The van der Waals surface area contributed by atoms with Crippen molar-refractivity contribution in [2.24, 2.45) is 0 Å². The first-order chi connectivity index (χ1) is 9.63. The Hall–Kier alpha value is -1.95. The predicted molar refractivity (Wildman–Crippen MR) is 73.0 cm³/mol. The molecule has 3 N–H and O–H groups in total. The highest BCUT2D eigenvalue weighted by atomic mass is 19.1. The number of halogens is 1. The molecule has 0 radical (unpaired) electrons. The number of benzene rings is 1. The Labute approximate surface area is 115 Å². The Morgan fingerprint density at radius 3 is 2.95 bits per heavy atom. The van der Waals surface area contributed by atoms with E-state index >= 15 is 0 Å². The van der Waals surface area contributed by atoms with Crippen LogP contribution in [0.5, 0.6) is 0 Å². The van der Waals surface area contributed by atoms with E-state index in [-0.39, 0.29) is 23.5 Å². The number of amides is 2. The van der Waals surface area contributed by atoms with Gasteiger partial charge in [-0.3, -0.25) is 9.59 Å². The molecule has 1 fully saturated rings. The molecule has 0 spiro atoms. The van der Waals surface area contributed by atoms with Crippen LogP contribution in [-0.4, -0.2) is 24.4 Å². The minimum Gasteiger partial charge on any atom is -0.326 e. The van der Waals surface area contributed by atoms with Crippen molar-refractivity contribution in [1.82, 2.24) is 5.32 Å². The van der Waals surface area contributed by atoms with Crippen LogP contribution in [0.2, 0.25) is 0 Å². The third-order valence-electron chi connectivity index (χ3n) is 3.72. The summed E-state index contributed by atoms with van der Waals surface area (Å²) in [7, 11) is 0. The zero-order valence-electron chi connectivity index (χ0n) is 11.0. The first kappa shape index (κ1) is 13.1. The van der Waals surface area contributed by atoms with E-state index in [4.69, 9.17) is 0 Å². The number of fused-ring (bicyclic) bond motifs is 1. The third kappa shape index (κ3) is 2.51. The van der Waals surface area contributed by atoms with Crippen LogP contribution in [0.25, 0.3) is 0 Å². The highest BCUT2D eigenvalue weighted by molar-refractivity contribution is 5.98. The van der Waals surface area contributed by atoms with Gasteiger partial charge in [0.05, 0.1) is 11.7 Å². The topological polar surface area (TPSA) is 70.2 Å². The molecule has 1 unspecified atom stereocenters. The number of carbonyl (C=O) groups is 2. The van der Waals surface area contributed by atoms with Crippen LogP contribution in [0.15, 0.2) is 12.1 Å². The maximum Gasteiger partial charge on any atom is 0.241 e. The predicted octanol–water partition coefficient (Wildman–Crippen LogP) is 1.40. The van der Waals surface area contributed by atoms with Crippen molar-refractivity contribution in [3.8, 4) is 0 Å². The minimum atomic E-state index is -0.466. The molecule has 1 saturated heterocycles. The molecule has 1 aromatic carbocycles. The molecule has 0 aliphatic carbocycles. The van der Waals surface area contributed by atoms with Crippen LogP contribution in [0.1, 0.15) is 24.8 Å². The van der Waals surface area contributed by atoms with Gasteiger partial charge in [-0.1, -0.05) is 0 Å². The van der Waals surface area contributed by atoms with Gasteiger partial charge in [0.2, 0.25) is 11.8 Å². The highest BCUT2D eigenvalue weighted by Gasteiger charge is 2.24. The van der Waals surface area contributed by atoms with Crippen LogP contribution < -0.4 is 16.0 Å². The van der Waals surface area contributed by atoms with Crippen molar-refractivity contribution in [2.75, 3.05) is 17.2 Å². The van der Waals surface area contributed by atoms with Crippen LogP contribution in [0.4, 0.5) is 15.8 Å².